The zero-order valence-corrected chi connectivity index (χ0v) is 10.9. The minimum Gasteiger partial charge on any atom is -0.479 e. The molecule has 3 heterocycles. The number of carbonyl (C=O) groups is 1. The summed E-state index contributed by atoms with van der Waals surface area (Å²) >= 11 is 0. The Balaban J connectivity index is 1.70. The van der Waals surface area contributed by atoms with Gasteiger partial charge in [0.05, 0.1) is 13.2 Å². The molecular weight excluding hydrogens is 246 g/mol. The van der Waals surface area contributed by atoms with Gasteiger partial charge < -0.3 is 9.64 Å². The molecule has 0 aliphatic carbocycles. The first-order chi connectivity index (χ1) is 9.19. The molecule has 0 atom stereocenters. The molecule has 0 radical (unpaired) electrons. The Bertz CT molecular complexity index is 583. The van der Waals surface area contributed by atoms with Crippen molar-refractivity contribution in [1.29, 1.82) is 0 Å². The average Bonchev–Trinajstić information content (AvgIpc) is 2.96. The number of hydrogen-bond acceptors (Lipinski definition) is 4. The van der Waals surface area contributed by atoms with E-state index in [0.29, 0.717) is 24.5 Å². The number of aromatic nitrogens is 4. The largest absolute Gasteiger partial charge is 0.479 e. The zero-order valence-electron chi connectivity index (χ0n) is 10.9. The van der Waals surface area contributed by atoms with E-state index in [9.17, 15) is 4.79 Å². The molecule has 0 saturated carbocycles. The highest BCUT2D eigenvalue weighted by Gasteiger charge is 2.34. The zero-order chi connectivity index (χ0) is 13.4. The van der Waals surface area contributed by atoms with Crippen LogP contribution in [0.15, 0.2) is 24.7 Å². The summed E-state index contributed by atoms with van der Waals surface area (Å²) in [7, 11) is 3.28. The standard InChI is InChI=1S/C12H15N5O2/c1-15-8-10(11(14-15)19-2)12(18)16-6-9(7-16)17-5-3-4-13-17/h3-5,8-9H,6-7H2,1-2H3. The topological polar surface area (TPSA) is 65.2 Å². The van der Waals surface area contributed by atoms with E-state index in [-0.39, 0.29) is 11.9 Å². The lowest BCUT2D eigenvalue weighted by Gasteiger charge is -2.38. The SMILES string of the molecule is COc1nn(C)cc1C(=O)N1CC(n2cccn2)C1. The fourth-order valence-corrected chi connectivity index (χ4v) is 2.22. The van der Waals surface area contributed by atoms with Crippen molar-refractivity contribution in [3.63, 3.8) is 0 Å². The summed E-state index contributed by atoms with van der Waals surface area (Å²) in [6.07, 6.45) is 5.34. The molecule has 2 aromatic rings. The second kappa shape index (κ2) is 4.42. The monoisotopic (exact) mass is 261 g/mol. The van der Waals surface area contributed by atoms with Gasteiger partial charge in [-0.15, -0.1) is 5.10 Å². The molecule has 1 amide bonds. The normalized spacial score (nSPS) is 15.4. The van der Waals surface area contributed by atoms with Crippen LogP contribution in [0.5, 0.6) is 5.88 Å². The number of methoxy groups -OCH3 is 1. The van der Waals surface area contributed by atoms with Gasteiger partial charge in [-0.1, -0.05) is 0 Å². The molecule has 19 heavy (non-hydrogen) atoms. The lowest BCUT2D eigenvalue weighted by molar-refractivity contribution is 0.0498. The summed E-state index contributed by atoms with van der Waals surface area (Å²) in [4.78, 5) is 14.1. The van der Waals surface area contributed by atoms with Gasteiger partial charge in [-0.3, -0.25) is 14.2 Å². The van der Waals surface area contributed by atoms with E-state index in [1.54, 1.807) is 29.0 Å². The van der Waals surface area contributed by atoms with Crippen molar-refractivity contribution in [3.05, 3.63) is 30.2 Å². The quantitative estimate of drug-likeness (QED) is 0.798. The summed E-state index contributed by atoms with van der Waals surface area (Å²) in [5, 5.41) is 8.27. The molecule has 0 spiro atoms. The molecular formula is C12H15N5O2. The number of aryl methyl sites for hydroxylation is 1. The van der Waals surface area contributed by atoms with Crippen molar-refractivity contribution in [3.8, 4) is 5.88 Å². The molecule has 7 heteroatoms. The van der Waals surface area contributed by atoms with E-state index in [2.05, 4.69) is 10.2 Å². The molecule has 2 aromatic heterocycles. The molecule has 0 unspecified atom stereocenters. The Morgan fingerprint density at radius 2 is 2.26 bits per heavy atom. The smallest absolute Gasteiger partial charge is 0.261 e. The Kier molecular flexibility index (Phi) is 2.73. The summed E-state index contributed by atoms with van der Waals surface area (Å²) < 4.78 is 8.57. The number of amides is 1. The Hall–Kier alpha value is -2.31. The van der Waals surface area contributed by atoms with Crippen molar-refractivity contribution in [2.24, 2.45) is 7.05 Å². The highest BCUT2D eigenvalue weighted by atomic mass is 16.5. The van der Waals surface area contributed by atoms with Crippen LogP contribution in [0.1, 0.15) is 16.4 Å². The van der Waals surface area contributed by atoms with Gasteiger partial charge in [-0.25, -0.2) is 0 Å². The van der Waals surface area contributed by atoms with Gasteiger partial charge in [0.25, 0.3) is 5.91 Å². The van der Waals surface area contributed by atoms with Gasteiger partial charge in [-0.05, 0) is 6.07 Å². The molecule has 3 rings (SSSR count). The van der Waals surface area contributed by atoms with Gasteiger partial charge in [0.1, 0.15) is 5.56 Å². The maximum absolute atomic E-state index is 12.3. The van der Waals surface area contributed by atoms with E-state index in [4.69, 9.17) is 4.74 Å². The van der Waals surface area contributed by atoms with E-state index in [0.717, 1.165) is 0 Å². The summed E-state index contributed by atoms with van der Waals surface area (Å²) in [6, 6.07) is 2.15. The lowest BCUT2D eigenvalue weighted by Crippen LogP contribution is -2.50. The van der Waals surface area contributed by atoms with Crippen LogP contribution in [-0.2, 0) is 7.05 Å². The van der Waals surface area contributed by atoms with Gasteiger partial charge in [0.15, 0.2) is 0 Å². The first-order valence-corrected chi connectivity index (χ1v) is 6.05. The Morgan fingerprint density at radius 1 is 1.47 bits per heavy atom. The third-order valence-electron chi connectivity index (χ3n) is 3.27. The third-order valence-corrected chi connectivity index (χ3v) is 3.27. The predicted molar refractivity (Wildman–Crippen MR) is 66.9 cm³/mol. The summed E-state index contributed by atoms with van der Waals surface area (Å²) in [5.41, 5.74) is 0.504. The first kappa shape index (κ1) is 11.8. The van der Waals surface area contributed by atoms with Crippen LogP contribution in [0.2, 0.25) is 0 Å². The van der Waals surface area contributed by atoms with Crippen LogP contribution < -0.4 is 4.74 Å². The third kappa shape index (κ3) is 1.96. The fourth-order valence-electron chi connectivity index (χ4n) is 2.22. The highest BCUT2D eigenvalue weighted by Crippen LogP contribution is 2.25. The van der Waals surface area contributed by atoms with E-state index in [1.807, 2.05) is 16.9 Å². The van der Waals surface area contributed by atoms with Crippen molar-refractivity contribution < 1.29 is 9.53 Å². The fraction of sp³-hybridized carbons (Fsp3) is 0.417. The molecule has 1 fully saturated rings. The van der Waals surface area contributed by atoms with E-state index in [1.165, 1.54) is 7.11 Å². The van der Waals surface area contributed by atoms with Crippen LogP contribution >= 0.6 is 0 Å². The number of carbonyl (C=O) groups excluding carboxylic acids is 1. The van der Waals surface area contributed by atoms with Crippen LogP contribution in [0.25, 0.3) is 0 Å². The van der Waals surface area contributed by atoms with Crippen LogP contribution in [0.4, 0.5) is 0 Å². The minimum atomic E-state index is -0.0478. The average molecular weight is 261 g/mol. The Morgan fingerprint density at radius 3 is 2.89 bits per heavy atom. The molecule has 100 valence electrons. The van der Waals surface area contributed by atoms with Gasteiger partial charge in [0.2, 0.25) is 5.88 Å². The van der Waals surface area contributed by atoms with Gasteiger partial charge in [0, 0.05) is 38.7 Å². The molecule has 0 aromatic carbocycles. The number of hydrogen-bond donors (Lipinski definition) is 0. The van der Waals surface area contributed by atoms with Crippen molar-refractivity contribution in [2.45, 2.75) is 6.04 Å². The molecule has 0 bridgehead atoms. The number of nitrogens with zero attached hydrogens (tertiary/aromatic N) is 5. The Labute approximate surface area is 110 Å². The maximum Gasteiger partial charge on any atom is 0.261 e. The number of ether oxygens (including phenoxy) is 1. The highest BCUT2D eigenvalue weighted by molar-refractivity contribution is 5.96. The van der Waals surface area contributed by atoms with Crippen LogP contribution in [0.3, 0.4) is 0 Å². The minimum absolute atomic E-state index is 0.0478. The summed E-state index contributed by atoms with van der Waals surface area (Å²) in [6.45, 7) is 1.33. The molecule has 1 aliphatic rings. The number of likely N-dealkylation sites (tertiary alicyclic amines) is 1. The molecule has 1 aliphatic heterocycles. The molecule has 1 saturated heterocycles. The first-order valence-electron chi connectivity index (χ1n) is 6.05. The summed E-state index contributed by atoms with van der Waals surface area (Å²) in [5.74, 6) is 0.323. The van der Waals surface area contributed by atoms with E-state index >= 15 is 0 Å². The van der Waals surface area contributed by atoms with Crippen molar-refractivity contribution in [1.82, 2.24) is 24.5 Å². The second-order valence-electron chi connectivity index (χ2n) is 4.58. The van der Waals surface area contributed by atoms with Crippen LogP contribution in [0, 0.1) is 0 Å². The predicted octanol–water partition coefficient (Wildman–Crippen LogP) is 0.322. The number of rotatable bonds is 3. The second-order valence-corrected chi connectivity index (χ2v) is 4.58. The van der Waals surface area contributed by atoms with Crippen molar-refractivity contribution >= 4 is 5.91 Å². The lowest BCUT2D eigenvalue weighted by atomic mass is 10.1. The van der Waals surface area contributed by atoms with Gasteiger partial charge >= 0.3 is 0 Å². The molecule has 0 N–H and O–H groups in total. The maximum atomic E-state index is 12.3. The van der Waals surface area contributed by atoms with Crippen LogP contribution in [-0.4, -0.2) is 50.6 Å². The van der Waals surface area contributed by atoms with Crippen molar-refractivity contribution in [2.75, 3.05) is 20.2 Å². The molecule has 7 nitrogen and oxygen atoms in total. The van der Waals surface area contributed by atoms with E-state index < -0.39 is 0 Å². The van der Waals surface area contributed by atoms with Gasteiger partial charge in [-0.2, -0.15) is 5.10 Å².